The van der Waals surface area contributed by atoms with Gasteiger partial charge in [0.1, 0.15) is 11.6 Å². The van der Waals surface area contributed by atoms with Crippen molar-refractivity contribution in [2.45, 2.75) is 6.18 Å². The van der Waals surface area contributed by atoms with Gasteiger partial charge in [0.2, 0.25) is 0 Å². The number of benzene rings is 1. The Labute approximate surface area is 114 Å². The van der Waals surface area contributed by atoms with Crippen molar-refractivity contribution in [3.8, 4) is 11.6 Å². The van der Waals surface area contributed by atoms with E-state index in [4.69, 9.17) is 16.3 Å². The Balaban J connectivity index is 2.35. The van der Waals surface area contributed by atoms with Crippen LogP contribution in [0.1, 0.15) is 5.56 Å². The zero-order chi connectivity index (χ0) is 14.9. The third-order valence-corrected chi connectivity index (χ3v) is 2.44. The van der Waals surface area contributed by atoms with Gasteiger partial charge in [0, 0.05) is 6.20 Å². The smallest absolute Gasteiger partial charge is 0.419 e. The number of hydrogen-bond donors (Lipinski definition) is 0. The maximum absolute atomic E-state index is 13.4. The Hall–Kier alpha value is -1.89. The number of rotatable bonds is 2. The fourth-order valence-corrected chi connectivity index (χ4v) is 1.52. The molecule has 0 bridgehead atoms. The van der Waals surface area contributed by atoms with Crippen molar-refractivity contribution in [1.82, 2.24) is 4.98 Å². The number of nitrogens with zero attached hydrogens (tertiary/aromatic N) is 1. The van der Waals surface area contributed by atoms with Crippen LogP contribution < -0.4 is 4.74 Å². The Bertz CT molecular complexity index is 644. The summed E-state index contributed by atoms with van der Waals surface area (Å²) in [6.07, 6.45) is -3.82. The summed E-state index contributed by atoms with van der Waals surface area (Å²) < 4.78 is 68.8. The average Bonchev–Trinajstić information content (AvgIpc) is 2.33. The molecule has 0 saturated heterocycles. The molecule has 0 aliphatic rings. The molecule has 106 valence electrons. The van der Waals surface area contributed by atoms with E-state index in [1.54, 1.807) is 0 Å². The van der Waals surface area contributed by atoms with Crippen LogP contribution in [-0.4, -0.2) is 4.98 Å². The monoisotopic (exact) mass is 309 g/mol. The van der Waals surface area contributed by atoms with E-state index in [1.807, 2.05) is 0 Å². The van der Waals surface area contributed by atoms with Gasteiger partial charge in [0.15, 0.2) is 5.82 Å². The van der Waals surface area contributed by atoms with Gasteiger partial charge in [-0.05, 0) is 24.3 Å². The van der Waals surface area contributed by atoms with Gasteiger partial charge in [-0.15, -0.1) is 0 Å². The van der Waals surface area contributed by atoms with Crippen LogP contribution in [0, 0.1) is 11.6 Å². The van der Waals surface area contributed by atoms with Crippen LogP contribution in [-0.2, 0) is 6.18 Å². The van der Waals surface area contributed by atoms with Crippen molar-refractivity contribution in [2.24, 2.45) is 0 Å². The van der Waals surface area contributed by atoms with Crippen molar-refractivity contribution in [3.63, 3.8) is 0 Å². The van der Waals surface area contributed by atoms with Gasteiger partial charge < -0.3 is 4.74 Å². The van der Waals surface area contributed by atoms with Crippen LogP contribution in [0.5, 0.6) is 11.6 Å². The molecule has 0 aliphatic carbocycles. The molecule has 0 fully saturated rings. The lowest BCUT2D eigenvalue weighted by Gasteiger charge is -2.11. The van der Waals surface area contributed by atoms with Crippen LogP contribution in [0.4, 0.5) is 22.0 Å². The molecule has 0 aliphatic heterocycles. The lowest BCUT2D eigenvalue weighted by Crippen LogP contribution is -2.08. The molecule has 1 aromatic carbocycles. The molecular weight excluding hydrogens is 305 g/mol. The highest BCUT2D eigenvalue weighted by Crippen LogP contribution is 2.34. The highest BCUT2D eigenvalue weighted by molar-refractivity contribution is 6.30. The summed E-state index contributed by atoms with van der Waals surface area (Å²) in [5.74, 6) is -3.36. The minimum absolute atomic E-state index is 0.00457. The lowest BCUT2D eigenvalue weighted by molar-refractivity contribution is -0.140. The van der Waals surface area contributed by atoms with Crippen LogP contribution >= 0.6 is 11.6 Å². The molecule has 2 rings (SSSR count). The highest BCUT2D eigenvalue weighted by Gasteiger charge is 2.34. The molecule has 0 saturated carbocycles. The molecule has 2 aromatic rings. The Morgan fingerprint density at radius 3 is 2.35 bits per heavy atom. The van der Waals surface area contributed by atoms with Gasteiger partial charge in [-0.1, -0.05) is 11.6 Å². The van der Waals surface area contributed by atoms with E-state index < -0.39 is 35.0 Å². The van der Waals surface area contributed by atoms with Crippen molar-refractivity contribution in [2.75, 3.05) is 0 Å². The molecule has 20 heavy (non-hydrogen) atoms. The second-order valence-corrected chi connectivity index (χ2v) is 4.12. The topological polar surface area (TPSA) is 22.1 Å². The first kappa shape index (κ1) is 14.5. The van der Waals surface area contributed by atoms with Gasteiger partial charge in [-0.25, -0.2) is 13.8 Å². The van der Waals surface area contributed by atoms with E-state index >= 15 is 0 Å². The number of hydrogen-bond acceptors (Lipinski definition) is 2. The Kier molecular flexibility index (Phi) is 3.80. The number of alkyl halides is 3. The fraction of sp³-hybridized carbons (Fsp3) is 0.0833. The predicted octanol–water partition coefficient (Wildman–Crippen LogP) is 4.82. The molecule has 8 heteroatoms. The highest BCUT2D eigenvalue weighted by atomic mass is 35.5. The van der Waals surface area contributed by atoms with Crippen LogP contribution in [0.15, 0.2) is 30.5 Å². The predicted molar refractivity (Wildman–Crippen MR) is 60.7 cm³/mol. The molecule has 0 radical (unpaired) electrons. The fourth-order valence-electron chi connectivity index (χ4n) is 1.37. The van der Waals surface area contributed by atoms with Crippen LogP contribution in [0.3, 0.4) is 0 Å². The summed E-state index contributed by atoms with van der Waals surface area (Å²) >= 11 is 5.47. The standard InChI is InChI=1S/C12H5ClF5NO/c13-6-3-10(15)11(19-5-6)20-7-1-2-9(14)8(4-7)12(16,17)18/h1-5H. The van der Waals surface area contributed by atoms with E-state index in [0.29, 0.717) is 12.1 Å². The van der Waals surface area contributed by atoms with Crippen molar-refractivity contribution < 1.29 is 26.7 Å². The van der Waals surface area contributed by atoms with Gasteiger partial charge in [0.25, 0.3) is 5.88 Å². The Morgan fingerprint density at radius 2 is 1.75 bits per heavy atom. The first-order valence-corrected chi connectivity index (χ1v) is 5.51. The summed E-state index contributed by atoms with van der Waals surface area (Å²) in [6, 6.07) is 2.81. The molecular formula is C12H5ClF5NO. The first-order chi connectivity index (χ1) is 9.27. The van der Waals surface area contributed by atoms with Gasteiger partial charge in [-0.3, -0.25) is 0 Å². The third kappa shape index (κ3) is 3.16. The molecule has 1 aromatic heterocycles. The van der Waals surface area contributed by atoms with Crippen molar-refractivity contribution in [3.05, 3.63) is 52.7 Å². The second-order valence-electron chi connectivity index (χ2n) is 3.68. The minimum Gasteiger partial charge on any atom is -0.436 e. The largest absolute Gasteiger partial charge is 0.436 e. The molecule has 0 unspecified atom stereocenters. The third-order valence-electron chi connectivity index (χ3n) is 2.23. The summed E-state index contributed by atoms with van der Waals surface area (Å²) in [6.45, 7) is 0. The second kappa shape index (κ2) is 5.24. The average molecular weight is 310 g/mol. The number of aromatic nitrogens is 1. The van der Waals surface area contributed by atoms with E-state index in [0.717, 1.165) is 18.3 Å². The molecule has 0 spiro atoms. The lowest BCUT2D eigenvalue weighted by atomic mass is 10.2. The molecule has 0 amide bonds. The van der Waals surface area contributed by atoms with Crippen LogP contribution in [0.25, 0.3) is 0 Å². The van der Waals surface area contributed by atoms with Crippen molar-refractivity contribution >= 4 is 11.6 Å². The summed E-state index contributed by atoms with van der Waals surface area (Å²) in [4.78, 5) is 3.48. The maximum atomic E-state index is 13.4. The zero-order valence-corrected chi connectivity index (χ0v) is 10.3. The van der Waals surface area contributed by atoms with Gasteiger partial charge in [-0.2, -0.15) is 13.2 Å². The van der Waals surface area contributed by atoms with E-state index in [-0.39, 0.29) is 5.02 Å². The summed E-state index contributed by atoms with van der Waals surface area (Å²) in [5, 5.41) is 0.00457. The first-order valence-electron chi connectivity index (χ1n) is 5.13. The normalized spacial score (nSPS) is 11.5. The quantitative estimate of drug-likeness (QED) is 0.742. The van der Waals surface area contributed by atoms with Gasteiger partial charge >= 0.3 is 6.18 Å². The molecule has 0 N–H and O–H groups in total. The number of pyridine rings is 1. The Morgan fingerprint density at radius 1 is 1.05 bits per heavy atom. The number of halogens is 6. The van der Waals surface area contributed by atoms with Crippen LogP contribution in [0.2, 0.25) is 5.02 Å². The maximum Gasteiger partial charge on any atom is 0.419 e. The van der Waals surface area contributed by atoms with E-state index in [9.17, 15) is 22.0 Å². The van der Waals surface area contributed by atoms with E-state index in [1.165, 1.54) is 0 Å². The summed E-state index contributed by atoms with van der Waals surface area (Å²) in [7, 11) is 0. The van der Waals surface area contributed by atoms with Gasteiger partial charge in [0.05, 0.1) is 10.6 Å². The molecule has 1 heterocycles. The van der Waals surface area contributed by atoms with E-state index in [2.05, 4.69) is 4.98 Å². The summed E-state index contributed by atoms with van der Waals surface area (Å²) in [5.41, 5.74) is -1.51. The number of ether oxygens (including phenoxy) is 1. The SMILES string of the molecule is Fc1ccc(Oc2ncc(Cl)cc2F)cc1C(F)(F)F. The van der Waals surface area contributed by atoms with Crippen molar-refractivity contribution in [1.29, 1.82) is 0 Å². The molecule has 0 atom stereocenters. The minimum atomic E-state index is -4.88. The zero-order valence-electron chi connectivity index (χ0n) is 9.51. The molecule has 2 nitrogen and oxygen atoms in total.